The van der Waals surface area contributed by atoms with Crippen LogP contribution in [0.15, 0.2) is 48.5 Å². The lowest BCUT2D eigenvalue weighted by molar-refractivity contribution is 0.0844. The zero-order chi connectivity index (χ0) is 20.0. The minimum Gasteiger partial charge on any atom is -0.492 e. The number of carbonyl (C=O) groups is 2. The zero-order valence-corrected chi connectivity index (χ0v) is 16.6. The number of para-hydroxylation sites is 1. The molecule has 0 unspecified atom stereocenters. The summed E-state index contributed by atoms with van der Waals surface area (Å²) in [5.74, 6) is 0.0442. The van der Waals surface area contributed by atoms with Crippen molar-refractivity contribution in [3.05, 3.63) is 65.2 Å². The van der Waals surface area contributed by atoms with Crippen molar-refractivity contribution in [1.29, 1.82) is 0 Å². The van der Waals surface area contributed by atoms with Gasteiger partial charge in [0.15, 0.2) is 0 Å². The van der Waals surface area contributed by atoms with E-state index in [-0.39, 0.29) is 11.3 Å². The Morgan fingerprint density at radius 2 is 1.52 bits per heavy atom. The van der Waals surface area contributed by atoms with E-state index in [1.165, 1.54) is 0 Å². The van der Waals surface area contributed by atoms with Crippen LogP contribution < -0.4 is 15.6 Å². The molecule has 0 fully saturated rings. The second-order valence-corrected chi connectivity index (χ2v) is 7.94. The molecule has 2 amide bonds. The summed E-state index contributed by atoms with van der Waals surface area (Å²) < 4.78 is 5.68. The molecule has 0 aromatic heterocycles. The molecular formula is C22H28N2O3. The molecule has 0 saturated carbocycles. The van der Waals surface area contributed by atoms with Crippen molar-refractivity contribution >= 4 is 11.8 Å². The minimum atomic E-state index is -0.422. The average molecular weight is 368 g/mol. The van der Waals surface area contributed by atoms with Crippen LogP contribution in [0.5, 0.6) is 5.75 Å². The van der Waals surface area contributed by atoms with Gasteiger partial charge in [-0.15, -0.1) is 0 Å². The van der Waals surface area contributed by atoms with E-state index in [2.05, 4.69) is 31.6 Å². The molecule has 5 nitrogen and oxygen atoms in total. The van der Waals surface area contributed by atoms with Crippen LogP contribution in [-0.4, -0.2) is 18.4 Å². The van der Waals surface area contributed by atoms with Gasteiger partial charge in [0.1, 0.15) is 5.75 Å². The fourth-order valence-electron chi connectivity index (χ4n) is 2.41. The van der Waals surface area contributed by atoms with Gasteiger partial charge in [-0.25, -0.2) is 0 Å². The Balaban J connectivity index is 2.00. The van der Waals surface area contributed by atoms with E-state index in [0.29, 0.717) is 29.4 Å². The number of rotatable bonds is 5. The van der Waals surface area contributed by atoms with Gasteiger partial charge in [0.2, 0.25) is 0 Å². The summed E-state index contributed by atoms with van der Waals surface area (Å²) in [6.45, 7) is 10.9. The molecule has 2 rings (SSSR count). The number of ether oxygens (including phenoxy) is 1. The molecule has 27 heavy (non-hydrogen) atoms. The third kappa shape index (κ3) is 5.84. The van der Waals surface area contributed by atoms with Gasteiger partial charge < -0.3 is 4.74 Å². The van der Waals surface area contributed by atoms with Gasteiger partial charge in [-0.3, -0.25) is 20.4 Å². The Kier molecular flexibility index (Phi) is 6.61. The summed E-state index contributed by atoms with van der Waals surface area (Å²) in [6.07, 6.45) is 0. The zero-order valence-electron chi connectivity index (χ0n) is 16.6. The van der Waals surface area contributed by atoms with Gasteiger partial charge >= 0.3 is 0 Å². The maximum atomic E-state index is 12.4. The lowest BCUT2D eigenvalue weighted by Gasteiger charge is -2.19. The molecule has 0 heterocycles. The van der Waals surface area contributed by atoms with E-state index in [0.717, 1.165) is 5.56 Å². The molecule has 5 heteroatoms. The number of nitrogens with one attached hydrogen (secondary N) is 2. The SMILES string of the molecule is CC(C)COc1ccccc1C(=O)NNC(=O)c1ccc(C(C)(C)C)cc1. The van der Waals surface area contributed by atoms with Gasteiger partial charge in [-0.05, 0) is 41.2 Å². The van der Waals surface area contributed by atoms with Gasteiger partial charge in [-0.2, -0.15) is 0 Å². The summed E-state index contributed by atoms with van der Waals surface area (Å²) in [6, 6.07) is 14.3. The van der Waals surface area contributed by atoms with Crippen LogP contribution in [0.3, 0.4) is 0 Å². The number of amides is 2. The highest BCUT2D eigenvalue weighted by Crippen LogP contribution is 2.22. The Morgan fingerprint density at radius 3 is 2.11 bits per heavy atom. The van der Waals surface area contributed by atoms with Crippen LogP contribution in [0.2, 0.25) is 0 Å². The summed E-state index contributed by atoms with van der Waals surface area (Å²) in [5, 5.41) is 0. The predicted molar refractivity (Wildman–Crippen MR) is 107 cm³/mol. The molecule has 0 bridgehead atoms. The highest BCUT2D eigenvalue weighted by molar-refractivity contribution is 6.00. The van der Waals surface area contributed by atoms with Crippen molar-refractivity contribution in [3.8, 4) is 5.75 Å². The molecule has 0 aliphatic rings. The van der Waals surface area contributed by atoms with Gasteiger partial charge in [0.05, 0.1) is 12.2 Å². The number of benzene rings is 2. The number of hydrogen-bond acceptors (Lipinski definition) is 3. The van der Waals surface area contributed by atoms with Gasteiger partial charge in [-0.1, -0.05) is 58.9 Å². The molecule has 0 aliphatic heterocycles. The standard InChI is InChI=1S/C22H28N2O3/c1-15(2)14-27-19-9-7-6-8-18(19)21(26)24-23-20(25)16-10-12-17(13-11-16)22(3,4)5/h6-13,15H,14H2,1-5H3,(H,23,25)(H,24,26). The Morgan fingerprint density at radius 1 is 0.926 bits per heavy atom. The highest BCUT2D eigenvalue weighted by Gasteiger charge is 2.16. The largest absolute Gasteiger partial charge is 0.492 e. The van der Waals surface area contributed by atoms with Crippen molar-refractivity contribution in [3.63, 3.8) is 0 Å². The Labute approximate surface area is 161 Å². The number of hydrogen-bond donors (Lipinski definition) is 2. The van der Waals surface area contributed by atoms with Crippen molar-refractivity contribution in [2.24, 2.45) is 5.92 Å². The number of carbonyl (C=O) groups excluding carboxylic acids is 2. The first-order chi connectivity index (χ1) is 12.7. The van der Waals surface area contributed by atoms with Gasteiger partial charge in [0.25, 0.3) is 11.8 Å². The normalized spacial score (nSPS) is 11.2. The average Bonchev–Trinajstić information content (AvgIpc) is 2.63. The summed E-state index contributed by atoms with van der Waals surface area (Å²) in [4.78, 5) is 24.7. The molecule has 0 spiro atoms. The van der Waals surface area contributed by atoms with Crippen molar-refractivity contribution in [2.75, 3.05) is 6.61 Å². The van der Waals surface area contributed by atoms with E-state index in [9.17, 15) is 9.59 Å². The second kappa shape index (κ2) is 8.71. The predicted octanol–water partition coefficient (Wildman–Crippen LogP) is 4.09. The van der Waals surface area contributed by atoms with E-state index >= 15 is 0 Å². The van der Waals surface area contributed by atoms with Crippen LogP contribution in [0, 0.1) is 5.92 Å². The second-order valence-electron chi connectivity index (χ2n) is 7.94. The maximum absolute atomic E-state index is 12.4. The van der Waals surface area contributed by atoms with Crippen LogP contribution in [0.4, 0.5) is 0 Å². The molecule has 0 atom stereocenters. The van der Waals surface area contributed by atoms with E-state index < -0.39 is 5.91 Å². The van der Waals surface area contributed by atoms with Crippen LogP contribution in [-0.2, 0) is 5.41 Å². The first-order valence-corrected chi connectivity index (χ1v) is 9.11. The summed E-state index contributed by atoms with van der Waals surface area (Å²) >= 11 is 0. The lowest BCUT2D eigenvalue weighted by atomic mass is 9.87. The van der Waals surface area contributed by atoms with Gasteiger partial charge in [0, 0.05) is 5.56 Å². The molecule has 2 N–H and O–H groups in total. The van der Waals surface area contributed by atoms with E-state index in [1.807, 2.05) is 32.0 Å². The Bertz CT molecular complexity index is 790. The summed E-state index contributed by atoms with van der Waals surface area (Å²) in [7, 11) is 0. The van der Waals surface area contributed by atoms with Crippen LogP contribution in [0.25, 0.3) is 0 Å². The smallest absolute Gasteiger partial charge is 0.273 e. The third-order valence-corrected chi connectivity index (χ3v) is 4.01. The van der Waals surface area contributed by atoms with E-state index in [4.69, 9.17) is 4.74 Å². The molecule has 0 radical (unpaired) electrons. The first kappa shape index (κ1) is 20.5. The molecular weight excluding hydrogens is 340 g/mol. The van der Waals surface area contributed by atoms with E-state index in [1.54, 1.807) is 30.3 Å². The highest BCUT2D eigenvalue weighted by atomic mass is 16.5. The third-order valence-electron chi connectivity index (χ3n) is 4.01. The topological polar surface area (TPSA) is 67.4 Å². The molecule has 0 saturated heterocycles. The lowest BCUT2D eigenvalue weighted by Crippen LogP contribution is -2.41. The van der Waals surface area contributed by atoms with Crippen LogP contribution >= 0.6 is 0 Å². The molecule has 2 aromatic carbocycles. The first-order valence-electron chi connectivity index (χ1n) is 9.11. The molecule has 2 aromatic rings. The Hall–Kier alpha value is -2.82. The quantitative estimate of drug-likeness (QED) is 0.781. The fourth-order valence-corrected chi connectivity index (χ4v) is 2.41. The van der Waals surface area contributed by atoms with Crippen molar-refractivity contribution < 1.29 is 14.3 Å². The van der Waals surface area contributed by atoms with Crippen molar-refractivity contribution in [1.82, 2.24) is 10.9 Å². The summed E-state index contributed by atoms with van der Waals surface area (Å²) in [5.41, 5.74) is 6.92. The molecule has 144 valence electrons. The minimum absolute atomic E-state index is 0.0168. The number of hydrazine groups is 1. The fraction of sp³-hybridized carbons (Fsp3) is 0.364. The van der Waals surface area contributed by atoms with Crippen molar-refractivity contribution in [2.45, 2.75) is 40.0 Å². The monoisotopic (exact) mass is 368 g/mol. The van der Waals surface area contributed by atoms with Crippen LogP contribution in [0.1, 0.15) is 60.9 Å². The molecule has 0 aliphatic carbocycles. The maximum Gasteiger partial charge on any atom is 0.273 e.